The molecule has 0 aliphatic heterocycles. The Morgan fingerprint density at radius 3 is 2.77 bits per heavy atom. The van der Waals surface area contributed by atoms with E-state index in [-0.39, 0.29) is 10.6 Å². The fourth-order valence-electron chi connectivity index (χ4n) is 2.35. The summed E-state index contributed by atoms with van der Waals surface area (Å²) in [6.45, 7) is 1.82. The minimum Gasteiger partial charge on any atom is -0.355 e. The molecule has 2 aromatic carbocycles. The first kappa shape index (κ1) is 14.5. The van der Waals surface area contributed by atoms with Crippen molar-refractivity contribution >= 4 is 43.9 Å². The van der Waals surface area contributed by atoms with Crippen LogP contribution in [0.5, 0.6) is 0 Å². The number of anilines is 2. The van der Waals surface area contributed by atoms with Gasteiger partial charge >= 0.3 is 0 Å². The van der Waals surface area contributed by atoms with Crippen molar-refractivity contribution in [2.45, 2.75) is 6.92 Å². The molecule has 1 aromatic heterocycles. The standard InChI is InChI=1S/C16H12BrN3O2/c1-10-7-13(20(21)22)9-14-15(5-6-18-16(10)14)19-12-4-2-3-11(17)8-12/h2-9H,1H3,(H,18,19). The summed E-state index contributed by atoms with van der Waals surface area (Å²) in [6, 6.07) is 12.6. The molecule has 3 rings (SSSR count). The van der Waals surface area contributed by atoms with Crippen molar-refractivity contribution in [3.05, 3.63) is 68.8 Å². The number of rotatable bonds is 3. The molecule has 0 fully saturated rings. The number of hydrogen-bond donors (Lipinski definition) is 1. The minimum atomic E-state index is -0.387. The first-order valence-corrected chi connectivity index (χ1v) is 7.40. The Bertz CT molecular complexity index is 880. The fourth-order valence-corrected chi connectivity index (χ4v) is 2.75. The summed E-state index contributed by atoms with van der Waals surface area (Å²) in [5.41, 5.74) is 3.28. The lowest BCUT2D eigenvalue weighted by molar-refractivity contribution is -0.384. The molecule has 3 aromatic rings. The third-order valence-corrected chi connectivity index (χ3v) is 3.83. The number of aromatic nitrogens is 1. The summed E-state index contributed by atoms with van der Waals surface area (Å²) in [5.74, 6) is 0. The molecule has 0 radical (unpaired) electrons. The van der Waals surface area contributed by atoms with Gasteiger partial charge in [0.25, 0.3) is 5.69 Å². The van der Waals surface area contributed by atoms with Crippen LogP contribution >= 0.6 is 15.9 Å². The summed E-state index contributed by atoms with van der Waals surface area (Å²) in [7, 11) is 0. The van der Waals surface area contributed by atoms with Crippen molar-refractivity contribution in [1.29, 1.82) is 0 Å². The fraction of sp³-hybridized carbons (Fsp3) is 0.0625. The Morgan fingerprint density at radius 2 is 2.05 bits per heavy atom. The van der Waals surface area contributed by atoms with Crippen molar-refractivity contribution in [3.8, 4) is 0 Å². The van der Waals surface area contributed by atoms with Gasteiger partial charge < -0.3 is 5.32 Å². The molecule has 0 aliphatic rings. The Hall–Kier alpha value is -2.47. The summed E-state index contributed by atoms with van der Waals surface area (Å²) in [5, 5.41) is 15.1. The topological polar surface area (TPSA) is 68.1 Å². The second-order valence-electron chi connectivity index (χ2n) is 4.91. The Kier molecular flexibility index (Phi) is 3.77. The third-order valence-electron chi connectivity index (χ3n) is 3.33. The lowest BCUT2D eigenvalue weighted by Gasteiger charge is -2.11. The molecule has 0 atom stereocenters. The SMILES string of the molecule is Cc1cc([N+](=O)[O-])cc2c(Nc3cccc(Br)c3)ccnc12. The van der Waals surface area contributed by atoms with E-state index in [1.165, 1.54) is 6.07 Å². The zero-order valence-corrected chi connectivity index (χ0v) is 13.3. The molecule has 6 heteroatoms. The van der Waals surface area contributed by atoms with Crippen LogP contribution in [-0.2, 0) is 0 Å². The van der Waals surface area contributed by atoms with Crippen LogP contribution in [0.2, 0.25) is 0 Å². The number of aryl methyl sites for hydroxylation is 1. The maximum atomic E-state index is 11.1. The highest BCUT2D eigenvalue weighted by molar-refractivity contribution is 9.10. The Morgan fingerprint density at radius 1 is 1.23 bits per heavy atom. The van der Waals surface area contributed by atoms with Crippen LogP contribution in [-0.4, -0.2) is 9.91 Å². The Labute approximate surface area is 135 Å². The number of non-ortho nitro benzene ring substituents is 1. The normalized spacial score (nSPS) is 10.6. The average molecular weight is 358 g/mol. The van der Waals surface area contributed by atoms with Gasteiger partial charge in [0.2, 0.25) is 0 Å². The van der Waals surface area contributed by atoms with E-state index in [2.05, 4.69) is 26.2 Å². The number of nitro groups is 1. The molecule has 1 N–H and O–H groups in total. The summed E-state index contributed by atoms with van der Waals surface area (Å²) in [6.07, 6.45) is 1.70. The van der Waals surface area contributed by atoms with E-state index in [9.17, 15) is 10.1 Å². The zero-order chi connectivity index (χ0) is 15.7. The molecule has 0 aliphatic carbocycles. The van der Waals surface area contributed by atoms with Gasteiger partial charge in [-0.05, 0) is 36.8 Å². The van der Waals surface area contributed by atoms with E-state index in [4.69, 9.17) is 0 Å². The van der Waals surface area contributed by atoms with E-state index in [1.807, 2.05) is 37.3 Å². The van der Waals surface area contributed by atoms with Crippen molar-refractivity contribution in [2.75, 3.05) is 5.32 Å². The van der Waals surface area contributed by atoms with E-state index >= 15 is 0 Å². The van der Waals surface area contributed by atoms with Crippen LogP contribution in [0.25, 0.3) is 10.9 Å². The monoisotopic (exact) mass is 357 g/mol. The lowest BCUT2D eigenvalue weighted by atomic mass is 10.1. The van der Waals surface area contributed by atoms with Gasteiger partial charge in [-0.2, -0.15) is 0 Å². The highest BCUT2D eigenvalue weighted by atomic mass is 79.9. The number of halogens is 1. The van der Waals surface area contributed by atoms with Crippen LogP contribution in [0.15, 0.2) is 53.1 Å². The van der Waals surface area contributed by atoms with Crippen molar-refractivity contribution in [3.63, 3.8) is 0 Å². The predicted molar refractivity (Wildman–Crippen MR) is 90.6 cm³/mol. The van der Waals surface area contributed by atoms with E-state index in [0.29, 0.717) is 0 Å². The molecule has 22 heavy (non-hydrogen) atoms. The van der Waals surface area contributed by atoms with Gasteiger partial charge in [0, 0.05) is 39.6 Å². The highest BCUT2D eigenvalue weighted by Crippen LogP contribution is 2.31. The number of pyridine rings is 1. The van der Waals surface area contributed by atoms with Gasteiger partial charge in [0.05, 0.1) is 10.4 Å². The van der Waals surface area contributed by atoms with Gasteiger partial charge in [-0.25, -0.2) is 0 Å². The molecule has 0 bridgehead atoms. The maximum absolute atomic E-state index is 11.1. The molecule has 0 spiro atoms. The van der Waals surface area contributed by atoms with Gasteiger partial charge in [0.1, 0.15) is 0 Å². The lowest BCUT2D eigenvalue weighted by Crippen LogP contribution is -1.96. The third kappa shape index (κ3) is 2.78. The highest BCUT2D eigenvalue weighted by Gasteiger charge is 2.13. The summed E-state index contributed by atoms with van der Waals surface area (Å²) >= 11 is 3.43. The van der Waals surface area contributed by atoms with Gasteiger partial charge in [0.15, 0.2) is 0 Å². The number of fused-ring (bicyclic) bond motifs is 1. The molecule has 0 saturated carbocycles. The maximum Gasteiger partial charge on any atom is 0.270 e. The molecule has 0 unspecified atom stereocenters. The van der Waals surface area contributed by atoms with Crippen LogP contribution in [0, 0.1) is 17.0 Å². The second-order valence-corrected chi connectivity index (χ2v) is 5.83. The molecule has 0 saturated heterocycles. The predicted octanol–water partition coefficient (Wildman–Crippen LogP) is 4.96. The number of benzene rings is 2. The van der Waals surface area contributed by atoms with Crippen LogP contribution in [0.4, 0.5) is 17.1 Å². The zero-order valence-electron chi connectivity index (χ0n) is 11.7. The first-order chi connectivity index (χ1) is 10.5. The van der Waals surface area contributed by atoms with Crippen LogP contribution in [0.3, 0.4) is 0 Å². The number of nitrogens with one attached hydrogen (secondary N) is 1. The van der Waals surface area contributed by atoms with Crippen molar-refractivity contribution in [1.82, 2.24) is 4.98 Å². The molecule has 0 amide bonds. The van der Waals surface area contributed by atoms with Crippen molar-refractivity contribution < 1.29 is 4.92 Å². The van der Waals surface area contributed by atoms with Gasteiger partial charge in [-0.15, -0.1) is 0 Å². The first-order valence-electron chi connectivity index (χ1n) is 6.61. The second kappa shape index (κ2) is 5.73. The minimum absolute atomic E-state index is 0.0651. The number of nitrogens with zero attached hydrogens (tertiary/aromatic N) is 2. The molecular weight excluding hydrogens is 346 g/mol. The van der Waals surface area contributed by atoms with E-state index < -0.39 is 0 Å². The number of nitro benzene ring substituents is 1. The average Bonchev–Trinajstić information content (AvgIpc) is 2.48. The molecule has 110 valence electrons. The molecular formula is C16H12BrN3O2. The van der Waals surface area contributed by atoms with Crippen molar-refractivity contribution in [2.24, 2.45) is 0 Å². The summed E-state index contributed by atoms with van der Waals surface area (Å²) < 4.78 is 0.957. The Balaban J connectivity index is 2.15. The van der Waals surface area contributed by atoms with Gasteiger partial charge in [-0.3, -0.25) is 15.1 Å². The molecule has 1 heterocycles. The molecule has 5 nitrogen and oxygen atoms in total. The quantitative estimate of drug-likeness (QED) is 0.531. The summed E-state index contributed by atoms with van der Waals surface area (Å²) in [4.78, 5) is 15.0. The van der Waals surface area contributed by atoms with E-state index in [0.717, 1.165) is 32.3 Å². The van der Waals surface area contributed by atoms with Gasteiger partial charge in [-0.1, -0.05) is 22.0 Å². The number of hydrogen-bond acceptors (Lipinski definition) is 4. The van der Waals surface area contributed by atoms with Crippen LogP contribution < -0.4 is 5.32 Å². The van der Waals surface area contributed by atoms with E-state index in [1.54, 1.807) is 12.3 Å². The smallest absolute Gasteiger partial charge is 0.270 e. The largest absolute Gasteiger partial charge is 0.355 e. The van der Waals surface area contributed by atoms with Crippen LogP contribution in [0.1, 0.15) is 5.56 Å².